The minimum atomic E-state index is -0.448. The summed E-state index contributed by atoms with van der Waals surface area (Å²) in [5.74, 6) is -0.157. The SMILES string of the molecule is CN(C)c1ccc(C=CC2=NC(=Cc3cc4ccccc4[nH]3)C(=O)O2)cc1. The molecule has 2 aromatic carbocycles. The zero-order valence-electron chi connectivity index (χ0n) is 15.1. The van der Waals surface area contributed by atoms with Gasteiger partial charge in [0.25, 0.3) is 0 Å². The quantitative estimate of drug-likeness (QED) is 0.561. The fourth-order valence-corrected chi connectivity index (χ4v) is 2.87. The van der Waals surface area contributed by atoms with E-state index in [1.54, 1.807) is 12.2 Å². The number of hydrogen-bond donors (Lipinski definition) is 1. The highest BCUT2D eigenvalue weighted by atomic mass is 16.6. The van der Waals surface area contributed by atoms with E-state index in [1.165, 1.54) is 0 Å². The number of aromatic nitrogens is 1. The summed E-state index contributed by atoms with van der Waals surface area (Å²) in [6.07, 6.45) is 5.28. The van der Waals surface area contributed by atoms with Crippen molar-refractivity contribution in [2.24, 2.45) is 4.99 Å². The lowest BCUT2D eigenvalue weighted by molar-refractivity contribution is -0.129. The molecule has 0 fully saturated rings. The van der Waals surface area contributed by atoms with Crippen LogP contribution in [0.5, 0.6) is 0 Å². The molecule has 0 bridgehead atoms. The minimum absolute atomic E-state index is 0.282. The Morgan fingerprint density at radius 2 is 1.81 bits per heavy atom. The summed E-state index contributed by atoms with van der Waals surface area (Å²) in [6.45, 7) is 0. The smallest absolute Gasteiger partial charge is 0.363 e. The first-order valence-corrected chi connectivity index (χ1v) is 8.64. The lowest BCUT2D eigenvalue weighted by Gasteiger charge is -2.11. The van der Waals surface area contributed by atoms with Gasteiger partial charge in [0.1, 0.15) is 0 Å². The summed E-state index contributed by atoms with van der Waals surface area (Å²) in [5.41, 5.74) is 4.24. The number of anilines is 1. The van der Waals surface area contributed by atoms with E-state index in [1.807, 2.05) is 79.7 Å². The Morgan fingerprint density at radius 1 is 1.04 bits per heavy atom. The van der Waals surface area contributed by atoms with Crippen LogP contribution >= 0.6 is 0 Å². The van der Waals surface area contributed by atoms with Crippen molar-refractivity contribution in [3.8, 4) is 0 Å². The predicted octanol–water partition coefficient (Wildman–Crippen LogP) is 4.24. The molecule has 0 aliphatic carbocycles. The third-order valence-electron chi connectivity index (χ3n) is 4.31. The second-order valence-corrected chi connectivity index (χ2v) is 6.50. The lowest BCUT2D eigenvalue weighted by atomic mass is 10.2. The third-order valence-corrected chi connectivity index (χ3v) is 4.31. The van der Waals surface area contributed by atoms with Crippen LogP contribution < -0.4 is 4.90 Å². The number of nitrogens with one attached hydrogen (secondary N) is 1. The van der Waals surface area contributed by atoms with Crippen molar-refractivity contribution < 1.29 is 9.53 Å². The number of para-hydroxylation sites is 1. The second-order valence-electron chi connectivity index (χ2n) is 6.50. The summed E-state index contributed by atoms with van der Waals surface area (Å²) in [4.78, 5) is 21.7. The number of rotatable bonds is 4. The lowest BCUT2D eigenvalue weighted by Crippen LogP contribution is -2.07. The van der Waals surface area contributed by atoms with Crippen molar-refractivity contribution in [3.63, 3.8) is 0 Å². The van der Waals surface area contributed by atoms with Gasteiger partial charge in [0.05, 0.1) is 0 Å². The van der Waals surface area contributed by atoms with Crippen molar-refractivity contribution in [1.29, 1.82) is 0 Å². The van der Waals surface area contributed by atoms with E-state index in [9.17, 15) is 4.79 Å². The second kappa shape index (κ2) is 6.96. The molecular weight excluding hydrogens is 338 g/mol. The van der Waals surface area contributed by atoms with Crippen molar-refractivity contribution in [1.82, 2.24) is 4.98 Å². The molecule has 0 saturated heterocycles. The monoisotopic (exact) mass is 357 g/mol. The normalized spacial score (nSPS) is 15.6. The number of nitrogens with zero attached hydrogens (tertiary/aromatic N) is 2. The molecule has 1 aliphatic heterocycles. The Labute approximate surface area is 157 Å². The van der Waals surface area contributed by atoms with Crippen LogP contribution in [0.25, 0.3) is 23.1 Å². The van der Waals surface area contributed by atoms with Crippen LogP contribution in [0, 0.1) is 0 Å². The molecule has 2 heterocycles. The average molecular weight is 357 g/mol. The number of esters is 1. The maximum Gasteiger partial charge on any atom is 0.363 e. The van der Waals surface area contributed by atoms with Gasteiger partial charge in [-0.05, 0) is 47.4 Å². The van der Waals surface area contributed by atoms with Crippen LogP contribution in [-0.2, 0) is 9.53 Å². The summed E-state index contributed by atoms with van der Waals surface area (Å²) in [5, 5.41) is 1.08. The van der Waals surface area contributed by atoms with E-state index in [4.69, 9.17) is 4.74 Å². The largest absolute Gasteiger partial charge is 0.403 e. The molecule has 0 unspecified atom stereocenters. The van der Waals surface area contributed by atoms with Gasteiger partial charge in [-0.15, -0.1) is 0 Å². The number of aliphatic imine (C=N–C) groups is 1. The number of fused-ring (bicyclic) bond motifs is 1. The van der Waals surface area contributed by atoms with Crippen molar-refractivity contribution in [3.05, 3.63) is 77.6 Å². The minimum Gasteiger partial charge on any atom is -0.403 e. The van der Waals surface area contributed by atoms with Crippen LogP contribution in [0.4, 0.5) is 5.69 Å². The van der Waals surface area contributed by atoms with Gasteiger partial charge in [0.15, 0.2) is 5.70 Å². The van der Waals surface area contributed by atoms with Crippen LogP contribution in [0.3, 0.4) is 0 Å². The summed E-state index contributed by atoms with van der Waals surface area (Å²) >= 11 is 0. The topological polar surface area (TPSA) is 57.7 Å². The number of carbonyl (C=O) groups is 1. The van der Waals surface area contributed by atoms with Gasteiger partial charge < -0.3 is 14.6 Å². The number of hydrogen-bond acceptors (Lipinski definition) is 4. The molecule has 1 aromatic heterocycles. The Kier molecular flexibility index (Phi) is 4.34. The molecule has 5 heteroatoms. The maximum absolute atomic E-state index is 12.1. The van der Waals surface area contributed by atoms with E-state index < -0.39 is 5.97 Å². The van der Waals surface area contributed by atoms with Crippen LogP contribution in [-0.4, -0.2) is 30.9 Å². The Bertz CT molecular complexity index is 1050. The van der Waals surface area contributed by atoms with Crippen molar-refractivity contribution in [2.75, 3.05) is 19.0 Å². The van der Waals surface area contributed by atoms with Gasteiger partial charge >= 0.3 is 5.97 Å². The van der Waals surface area contributed by atoms with Gasteiger partial charge in [0.2, 0.25) is 5.90 Å². The van der Waals surface area contributed by atoms with Crippen molar-refractivity contribution in [2.45, 2.75) is 0 Å². The molecule has 5 nitrogen and oxygen atoms in total. The van der Waals surface area contributed by atoms with Gasteiger partial charge in [-0.1, -0.05) is 30.3 Å². The van der Waals surface area contributed by atoms with Gasteiger partial charge in [-0.3, -0.25) is 0 Å². The summed E-state index contributed by atoms with van der Waals surface area (Å²) in [7, 11) is 4.00. The summed E-state index contributed by atoms with van der Waals surface area (Å²) in [6, 6.07) is 18.0. The van der Waals surface area contributed by atoms with Gasteiger partial charge in [-0.2, -0.15) is 0 Å². The van der Waals surface area contributed by atoms with Crippen LogP contribution in [0.2, 0.25) is 0 Å². The zero-order valence-corrected chi connectivity index (χ0v) is 15.1. The Balaban J connectivity index is 1.53. The third kappa shape index (κ3) is 3.67. The molecule has 1 N–H and O–H groups in total. The molecule has 0 atom stereocenters. The van der Waals surface area contributed by atoms with Gasteiger partial charge in [-0.25, -0.2) is 9.79 Å². The standard InChI is InChI=1S/C22H19N3O2/c1-25(2)18-10-7-15(8-11-18)9-12-21-24-20(22(26)27-21)14-17-13-16-5-3-4-6-19(16)23-17/h3-14,23H,1-2H3. The van der Waals surface area contributed by atoms with Gasteiger partial charge in [0, 0.05) is 37.1 Å². The van der Waals surface area contributed by atoms with Crippen LogP contribution in [0.15, 0.2) is 71.4 Å². The predicted molar refractivity (Wildman–Crippen MR) is 110 cm³/mol. The van der Waals surface area contributed by atoms with Crippen molar-refractivity contribution >= 4 is 40.6 Å². The van der Waals surface area contributed by atoms with E-state index in [2.05, 4.69) is 9.98 Å². The Morgan fingerprint density at radius 3 is 2.56 bits per heavy atom. The molecule has 134 valence electrons. The number of cyclic esters (lactones) is 1. The molecule has 0 saturated carbocycles. The van der Waals surface area contributed by atoms with E-state index in [0.29, 0.717) is 5.90 Å². The number of benzene rings is 2. The first-order chi connectivity index (χ1) is 13.1. The molecule has 3 aromatic rings. The van der Waals surface area contributed by atoms with E-state index >= 15 is 0 Å². The number of aromatic amines is 1. The van der Waals surface area contributed by atoms with E-state index in [-0.39, 0.29) is 5.70 Å². The molecule has 4 rings (SSSR count). The maximum atomic E-state index is 12.1. The summed E-state index contributed by atoms with van der Waals surface area (Å²) < 4.78 is 5.24. The fourth-order valence-electron chi connectivity index (χ4n) is 2.87. The van der Waals surface area contributed by atoms with E-state index in [0.717, 1.165) is 27.8 Å². The first-order valence-electron chi connectivity index (χ1n) is 8.64. The van der Waals surface area contributed by atoms with Crippen LogP contribution in [0.1, 0.15) is 11.3 Å². The highest BCUT2D eigenvalue weighted by Crippen LogP contribution is 2.20. The fraction of sp³-hybridized carbons (Fsp3) is 0.0909. The molecule has 0 amide bonds. The first kappa shape index (κ1) is 16.8. The highest BCUT2D eigenvalue weighted by Gasteiger charge is 2.21. The molecule has 27 heavy (non-hydrogen) atoms. The Hall–Kier alpha value is -3.60. The number of carbonyl (C=O) groups excluding carboxylic acids is 1. The average Bonchev–Trinajstić information content (AvgIpc) is 3.23. The zero-order chi connectivity index (χ0) is 18.8. The molecule has 0 radical (unpaired) electrons. The number of ether oxygens (including phenoxy) is 1. The number of H-pyrrole nitrogens is 1. The highest BCUT2D eigenvalue weighted by molar-refractivity contribution is 6.11. The molecule has 1 aliphatic rings. The molecular formula is C22H19N3O2. The molecule has 0 spiro atoms.